The van der Waals surface area contributed by atoms with Crippen molar-refractivity contribution < 1.29 is 39.4 Å². The van der Waals surface area contributed by atoms with Crippen LogP contribution in [0.1, 0.15) is 47.5 Å². The number of rotatable bonds is 9. The summed E-state index contributed by atoms with van der Waals surface area (Å²) in [6.07, 6.45) is -4.52. The minimum atomic E-state index is -6.60. The fourth-order valence-electron chi connectivity index (χ4n) is 2.13. The quantitative estimate of drug-likeness (QED) is 0.345. The van der Waals surface area contributed by atoms with E-state index in [4.69, 9.17) is 0 Å². The first-order valence-electron chi connectivity index (χ1n) is 7.93. The van der Waals surface area contributed by atoms with Crippen LogP contribution in [0, 0.1) is 0 Å². The maximum Gasteiger partial charge on any atom is 0.399 e. The van der Waals surface area contributed by atoms with Gasteiger partial charge in [-0.3, -0.25) is 0 Å². The molecule has 1 unspecified atom stereocenters. The first-order chi connectivity index (χ1) is 10.7. The Bertz CT molecular complexity index is 436. The van der Waals surface area contributed by atoms with Gasteiger partial charge in [-0.2, -0.15) is 17.6 Å². The Morgan fingerprint density at radius 1 is 0.917 bits per heavy atom. The van der Waals surface area contributed by atoms with E-state index in [2.05, 4.69) is 27.7 Å². The van der Waals surface area contributed by atoms with Gasteiger partial charge in [-0.1, -0.05) is 13.3 Å². The molecule has 0 saturated carbocycles. The van der Waals surface area contributed by atoms with Gasteiger partial charge in [0.25, 0.3) is 0 Å². The van der Waals surface area contributed by atoms with Crippen LogP contribution in [-0.4, -0.2) is 61.0 Å². The maximum absolute atomic E-state index is 12.6. The summed E-state index contributed by atoms with van der Waals surface area (Å²) in [6, 6.07) is 0. The van der Waals surface area contributed by atoms with Crippen LogP contribution in [0.4, 0.5) is 22.0 Å². The minimum absolute atomic E-state index is 0.189. The molecule has 1 atom stereocenters. The lowest BCUT2D eigenvalue weighted by atomic mass is 10.1. The number of nitrogens with zero attached hydrogens (tertiary/aromatic N) is 1. The third-order valence-electron chi connectivity index (χ3n) is 4.32. The normalized spacial score (nSPS) is 14.8. The fraction of sp³-hybridized carbons (Fsp3) is 1.00. The molecule has 0 aliphatic heterocycles. The zero-order valence-corrected chi connectivity index (χ0v) is 15.6. The van der Waals surface area contributed by atoms with Crippen LogP contribution in [0.25, 0.3) is 0 Å². The number of hydrogen-bond donors (Lipinski definition) is 0. The standard InChI is InChI=1S/C8H20N.C6H9F5O3S/c1-5-9(6-2,7-3)8-4;1-2-3-4(7)5(8,9)6(10,11)15(12,13)14/h5-8H2,1-4H3;4H,2-3H2,1H3,(H,12,13,14)/q+1;/p-1. The summed E-state index contributed by atoms with van der Waals surface area (Å²) < 4.78 is 93.4. The Labute approximate surface area is 141 Å². The van der Waals surface area contributed by atoms with E-state index in [-0.39, 0.29) is 6.42 Å². The lowest BCUT2D eigenvalue weighted by Crippen LogP contribution is -2.52. The van der Waals surface area contributed by atoms with Gasteiger partial charge in [0.2, 0.25) is 0 Å². The van der Waals surface area contributed by atoms with Crippen molar-refractivity contribution in [2.45, 2.75) is 64.8 Å². The summed E-state index contributed by atoms with van der Waals surface area (Å²) in [4.78, 5) is 0. The SMILES string of the molecule is CCCC(F)C(F)(F)C(F)(F)S(=O)(=O)[O-].CC[N+](CC)(CC)CC. The predicted octanol–water partition coefficient (Wildman–Crippen LogP) is 3.78. The molecule has 0 spiro atoms. The summed E-state index contributed by atoms with van der Waals surface area (Å²) >= 11 is 0. The molecule has 0 saturated heterocycles. The predicted molar refractivity (Wildman–Crippen MR) is 81.8 cm³/mol. The third-order valence-corrected chi connectivity index (χ3v) is 5.22. The molecule has 0 aromatic carbocycles. The van der Waals surface area contributed by atoms with Gasteiger partial charge in [-0.05, 0) is 34.1 Å². The van der Waals surface area contributed by atoms with Crippen molar-refractivity contribution in [2.75, 3.05) is 26.2 Å². The second-order valence-electron chi connectivity index (χ2n) is 5.46. The van der Waals surface area contributed by atoms with Crippen molar-refractivity contribution in [3.8, 4) is 0 Å². The summed E-state index contributed by atoms with van der Waals surface area (Å²) in [6.45, 7) is 15.5. The summed E-state index contributed by atoms with van der Waals surface area (Å²) in [5.41, 5.74) is 0. The number of alkyl halides is 5. The van der Waals surface area contributed by atoms with Crippen molar-refractivity contribution in [3.63, 3.8) is 0 Å². The van der Waals surface area contributed by atoms with Crippen molar-refractivity contribution >= 4 is 10.1 Å². The van der Waals surface area contributed by atoms with Crippen LogP contribution >= 0.6 is 0 Å². The molecule has 0 bridgehead atoms. The van der Waals surface area contributed by atoms with Crippen LogP contribution in [0.5, 0.6) is 0 Å². The smallest absolute Gasteiger partial charge is 0.399 e. The number of quaternary nitrogens is 1. The topological polar surface area (TPSA) is 57.2 Å². The van der Waals surface area contributed by atoms with Crippen molar-refractivity contribution in [1.29, 1.82) is 0 Å². The van der Waals surface area contributed by atoms with Gasteiger partial charge in [0.15, 0.2) is 16.3 Å². The van der Waals surface area contributed by atoms with E-state index >= 15 is 0 Å². The van der Waals surface area contributed by atoms with E-state index in [0.29, 0.717) is 0 Å². The fourth-order valence-corrected chi connectivity index (χ4v) is 2.59. The van der Waals surface area contributed by atoms with E-state index < -0.39 is 33.9 Å². The van der Waals surface area contributed by atoms with Crippen LogP contribution in [0.2, 0.25) is 0 Å². The minimum Gasteiger partial charge on any atom is -0.743 e. The van der Waals surface area contributed by atoms with E-state index in [1.165, 1.54) is 37.6 Å². The van der Waals surface area contributed by atoms with Crippen molar-refractivity contribution in [2.24, 2.45) is 0 Å². The second-order valence-corrected chi connectivity index (χ2v) is 6.88. The molecule has 148 valence electrons. The van der Waals surface area contributed by atoms with Crippen LogP contribution in [0.15, 0.2) is 0 Å². The van der Waals surface area contributed by atoms with Crippen LogP contribution in [0.3, 0.4) is 0 Å². The van der Waals surface area contributed by atoms with Gasteiger partial charge < -0.3 is 9.04 Å². The molecule has 0 heterocycles. The van der Waals surface area contributed by atoms with Gasteiger partial charge in [0, 0.05) is 0 Å². The average Bonchev–Trinajstić information content (AvgIpc) is 2.49. The molecule has 0 N–H and O–H groups in total. The summed E-state index contributed by atoms with van der Waals surface area (Å²) in [7, 11) is -6.60. The monoisotopic (exact) mass is 385 g/mol. The Morgan fingerprint density at radius 2 is 1.25 bits per heavy atom. The highest BCUT2D eigenvalue weighted by Crippen LogP contribution is 2.42. The highest BCUT2D eigenvalue weighted by Gasteiger charge is 2.66. The number of halogens is 5. The Balaban J connectivity index is 0. The molecule has 0 aromatic heterocycles. The van der Waals surface area contributed by atoms with Crippen molar-refractivity contribution in [1.82, 2.24) is 0 Å². The lowest BCUT2D eigenvalue weighted by Gasteiger charge is -2.34. The van der Waals surface area contributed by atoms with E-state index in [1.54, 1.807) is 0 Å². The third kappa shape index (κ3) is 6.11. The molecule has 0 fully saturated rings. The van der Waals surface area contributed by atoms with Gasteiger partial charge in [0.1, 0.15) is 0 Å². The molecular weight excluding hydrogens is 357 g/mol. The molecule has 0 aliphatic rings. The highest BCUT2D eigenvalue weighted by atomic mass is 32.2. The van der Waals surface area contributed by atoms with Gasteiger partial charge >= 0.3 is 11.2 Å². The van der Waals surface area contributed by atoms with E-state index in [9.17, 15) is 34.9 Å². The molecule has 0 radical (unpaired) electrons. The van der Waals surface area contributed by atoms with Crippen LogP contribution < -0.4 is 0 Å². The molecule has 0 rings (SSSR count). The summed E-state index contributed by atoms with van der Waals surface area (Å²) in [5.74, 6) is -5.51. The Hall–Kier alpha value is -0.480. The zero-order valence-electron chi connectivity index (χ0n) is 14.8. The lowest BCUT2D eigenvalue weighted by molar-refractivity contribution is -0.921. The Kier molecular flexibility index (Phi) is 10.6. The molecule has 0 aromatic rings. The first-order valence-corrected chi connectivity index (χ1v) is 9.33. The van der Waals surface area contributed by atoms with Gasteiger partial charge in [0.05, 0.1) is 26.2 Å². The van der Waals surface area contributed by atoms with Gasteiger partial charge in [-0.25, -0.2) is 12.8 Å². The molecule has 4 nitrogen and oxygen atoms in total. The number of hydrogen-bond acceptors (Lipinski definition) is 3. The van der Waals surface area contributed by atoms with E-state index in [1.807, 2.05) is 0 Å². The second kappa shape index (κ2) is 9.86. The summed E-state index contributed by atoms with van der Waals surface area (Å²) in [5, 5.41) is -5.94. The molecule has 24 heavy (non-hydrogen) atoms. The molecular formula is C14H28F5NO3S. The first kappa shape index (κ1) is 25.8. The molecule has 10 heteroatoms. The maximum atomic E-state index is 12.6. The molecule has 0 amide bonds. The Morgan fingerprint density at radius 3 is 1.42 bits per heavy atom. The average molecular weight is 385 g/mol. The van der Waals surface area contributed by atoms with Crippen LogP contribution in [-0.2, 0) is 10.1 Å². The van der Waals surface area contributed by atoms with Gasteiger partial charge in [-0.15, -0.1) is 0 Å². The van der Waals surface area contributed by atoms with E-state index in [0.717, 1.165) is 0 Å². The largest absolute Gasteiger partial charge is 0.743 e. The molecule has 0 aliphatic carbocycles. The highest BCUT2D eigenvalue weighted by molar-refractivity contribution is 7.86. The van der Waals surface area contributed by atoms with Crippen molar-refractivity contribution in [3.05, 3.63) is 0 Å². The zero-order chi connectivity index (χ0) is 19.8.